The van der Waals surface area contributed by atoms with E-state index in [0.29, 0.717) is 5.69 Å². The topological polar surface area (TPSA) is 88.6 Å². The zero-order chi connectivity index (χ0) is 19.8. The van der Waals surface area contributed by atoms with Crippen molar-refractivity contribution < 1.29 is 22.3 Å². The average Bonchev–Trinajstić information content (AvgIpc) is 2.56. The molecule has 0 spiro atoms. The van der Waals surface area contributed by atoms with Gasteiger partial charge in [-0.2, -0.15) is 0 Å². The van der Waals surface area contributed by atoms with Crippen LogP contribution < -0.4 is 9.62 Å². The van der Waals surface area contributed by atoms with Gasteiger partial charge in [-0.1, -0.05) is 11.6 Å². The molecular weight excluding hydrogens is 397 g/mol. The SMILES string of the molecule is CC1(N(c2cc(C(=O)Nc3ccc(F)c(Cl)c3)ccn2)S(C)(=O)=O)COC1. The van der Waals surface area contributed by atoms with Crippen LogP contribution in [0.2, 0.25) is 5.02 Å². The van der Waals surface area contributed by atoms with Gasteiger partial charge in [-0.15, -0.1) is 0 Å². The fourth-order valence-corrected chi connectivity index (χ4v) is 4.34. The average molecular weight is 414 g/mol. The molecule has 1 N–H and O–H groups in total. The summed E-state index contributed by atoms with van der Waals surface area (Å²) in [5, 5.41) is 2.47. The number of aromatic nitrogens is 1. The van der Waals surface area contributed by atoms with E-state index in [9.17, 15) is 17.6 Å². The van der Waals surface area contributed by atoms with E-state index in [1.807, 2.05) is 0 Å². The lowest BCUT2D eigenvalue weighted by atomic mass is 10.0. The van der Waals surface area contributed by atoms with Crippen LogP contribution in [-0.4, -0.2) is 44.3 Å². The van der Waals surface area contributed by atoms with Crippen molar-refractivity contribution in [3.63, 3.8) is 0 Å². The Hall–Kier alpha value is -2.23. The number of hydrogen-bond donors (Lipinski definition) is 1. The summed E-state index contributed by atoms with van der Waals surface area (Å²) in [6.07, 6.45) is 2.43. The largest absolute Gasteiger partial charge is 0.376 e. The zero-order valence-corrected chi connectivity index (χ0v) is 16.1. The molecule has 1 fully saturated rings. The molecule has 1 aromatic heterocycles. The molecule has 3 rings (SSSR count). The van der Waals surface area contributed by atoms with E-state index < -0.39 is 27.3 Å². The fraction of sp³-hybridized carbons (Fsp3) is 0.294. The molecule has 1 aliphatic heterocycles. The lowest BCUT2D eigenvalue weighted by molar-refractivity contribution is -0.0402. The number of hydrogen-bond acceptors (Lipinski definition) is 5. The molecule has 0 radical (unpaired) electrons. The van der Waals surface area contributed by atoms with Gasteiger partial charge in [-0.05, 0) is 37.3 Å². The Labute approximate surface area is 161 Å². The first kappa shape index (κ1) is 19.5. The van der Waals surface area contributed by atoms with Crippen LogP contribution in [0.1, 0.15) is 17.3 Å². The highest BCUT2D eigenvalue weighted by atomic mass is 35.5. The van der Waals surface area contributed by atoms with Gasteiger partial charge in [0.1, 0.15) is 17.2 Å². The van der Waals surface area contributed by atoms with E-state index in [4.69, 9.17) is 16.3 Å². The molecule has 144 valence electrons. The number of nitrogens with zero attached hydrogens (tertiary/aromatic N) is 2. The molecule has 1 aromatic carbocycles. The quantitative estimate of drug-likeness (QED) is 0.814. The van der Waals surface area contributed by atoms with Gasteiger partial charge in [0.15, 0.2) is 0 Å². The number of halogens is 2. The molecule has 2 aromatic rings. The lowest BCUT2D eigenvalue weighted by Gasteiger charge is -2.46. The van der Waals surface area contributed by atoms with Crippen molar-refractivity contribution in [2.75, 3.05) is 29.1 Å². The number of benzene rings is 1. The molecule has 1 aliphatic rings. The Morgan fingerprint density at radius 2 is 2.04 bits per heavy atom. The van der Waals surface area contributed by atoms with Crippen molar-refractivity contribution in [2.45, 2.75) is 12.5 Å². The van der Waals surface area contributed by atoms with Gasteiger partial charge in [0.05, 0.1) is 24.5 Å². The molecule has 27 heavy (non-hydrogen) atoms. The van der Waals surface area contributed by atoms with Crippen LogP contribution in [-0.2, 0) is 14.8 Å². The number of carbonyl (C=O) groups excluding carboxylic acids is 1. The fourth-order valence-electron chi connectivity index (χ4n) is 2.81. The first-order valence-corrected chi connectivity index (χ1v) is 10.1. The Morgan fingerprint density at radius 1 is 1.33 bits per heavy atom. The molecule has 2 heterocycles. The van der Waals surface area contributed by atoms with Crippen molar-refractivity contribution >= 4 is 39.0 Å². The number of rotatable bonds is 5. The third-order valence-electron chi connectivity index (χ3n) is 4.04. The number of pyridine rings is 1. The number of anilines is 2. The molecule has 0 unspecified atom stereocenters. The lowest BCUT2D eigenvalue weighted by Crippen LogP contribution is -2.62. The van der Waals surface area contributed by atoms with Crippen LogP contribution in [0.15, 0.2) is 36.5 Å². The van der Waals surface area contributed by atoms with Gasteiger partial charge in [0, 0.05) is 17.4 Å². The predicted octanol–water partition coefficient (Wildman–Crippen LogP) is 2.68. The Balaban J connectivity index is 1.90. The number of sulfonamides is 1. The summed E-state index contributed by atoms with van der Waals surface area (Å²) in [5.41, 5.74) is -0.262. The summed E-state index contributed by atoms with van der Waals surface area (Å²) in [4.78, 5) is 16.6. The maximum Gasteiger partial charge on any atom is 0.255 e. The van der Waals surface area contributed by atoms with Crippen molar-refractivity contribution in [1.82, 2.24) is 4.98 Å². The van der Waals surface area contributed by atoms with Crippen LogP contribution in [0.5, 0.6) is 0 Å². The zero-order valence-electron chi connectivity index (χ0n) is 14.6. The summed E-state index contributed by atoms with van der Waals surface area (Å²) >= 11 is 5.71. The van der Waals surface area contributed by atoms with Gasteiger partial charge in [0.2, 0.25) is 10.0 Å². The molecule has 7 nitrogen and oxygen atoms in total. The highest BCUT2D eigenvalue weighted by Crippen LogP contribution is 2.32. The first-order valence-electron chi connectivity index (χ1n) is 7.91. The minimum atomic E-state index is -3.65. The van der Waals surface area contributed by atoms with E-state index in [2.05, 4.69) is 10.3 Å². The van der Waals surface area contributed by atoms with Crippen LogP contribution in [0, 0.1) is 5.82 Å². The second kappa shape index (κ2) is 7.06. The van der Waals surface area contributed by atoms with Gasteiger partial charge in [0.25, 0.3) is 5.91 Å². The molecule has 0 aliphatic carbocycles. The summed E-state index contributed by atoms with van der Waals surface area (Å²) < 4.78 is 44.1. The molecule has 10 heteroatoms. The summed E-state index contributed by atoms with van der Waals surface area (Å²) in [6, 6.07) is 6.62. The van der Waals surface area contributed by atoms with Crippen LogP contribution in [0.25, 0.3) is 0 Å². The van der Waals surface area contributed by atoms with Crippen LogP contribution in [0.4, 0.5) is 15.9 Å². The second-order valence-electron chi connectivity index (χ2n) is 6.50. The molecule has 0 saturated carbocycles. The number of nitrogens with one attached hydrogen (secondary N) is 1. The Morgan fingerprint density at radius 3 is 2.59 bits per heavy atom. The minimum absolute atomic E-state index is 0.119. The highest BCUT2D eigenvalue weighted by molar-refractivity contribution is 7.92. The molecular formula is C17H17ClFN3O4S. The van der Waals surface area contributed by atoms with Gasteiger partial charge < -0.3 is 10.1 Å². The Kier molecular flexibility index (Phi) is 5.11. The van der Waals surface area contributed by atoms with E-state index in [-0.39, 0.29) is 29.6 Å². The van der Waals surface area contributed by atoms with Crippen molar-refractivity contribution in [2.24, 2.45) is 0 Å². The number of carbonyl (C=O) groups is 1. The highest BCUT2D eigenvalue weighted by Gasteiger charge is 2.45. The maximum absolute atomic E-state index is 13.2. The summed E-state index contributed by atoms with van der Waals surface area (Å²) in [7, 11) is -3.65. The predicted molar refractivity (Wildman–Crippen MR) is 100 cm³/mol. The standard InChI is InChI=1S/C17H17ClFN3O4S/c1-17(9-26-10-17)22(27(2,24)25)15-7-11(5-6-20-15)16(23)21-12-3-4-14(19)13(18)8-12/h3-8H,9-10H2,1-2H3,(H,21,23). The first-order chi connectivity index (χ1) is 12.6. The maximum atomic E-state index is 13.2. The van der Waals surface area contributed by atoms with Crippen molar-refractivity contribution in [3.05, 3.63) is 52.9 Å². The van der Waals surface area contributed by atoms with Crippen LogP contribution in [0.3, 0.4) is 0 Å². The van der Waals surface area contributed by atoms with Crippen molar-refractivity contribution in [3.8, 4) is 0 Å². The molecule has 0 atom stereocenters. The van der Waals surface area contributed by atoms with E-state index >= 15 is 0 Å². The Bertz CT molecular complexity index is 995. The van der Waals surface area contributed by atoms with Gasteiger partial charge >= 0.3 is 0 Å². The minimum Gasteiger partial charge on any atom is -0.376 e. The second-order valence-corrected chi connectivity index (χ2v) is 8.74. The summed E-state index contributed by atoms with van der Waals surface area (Å²) in [5.74, 6) is -0.988. The normalized spacial score (nSPS) is 15.7. The molecule has 1 amide bonds. The van der Waals surface area contributed by atoms with E-state index in [1.54, 1.807) is 6.92 Å². The monoisotopic (exact) mass is 413 g/mol. The van der Waals surface area contributed by atoms with Gasteiger partial charge in [-0.25, -0.2) is 22.1 Å². The molecule has 0 bridgehead atoms. The van der Waals surface area contributed by atoms with Crippen molar-refractivity contribution in [1.29, 1.82) is 0 Å². The van der Waals surface area contributed by atoms with Crippen LogP contribution >= 0.6 is 11.6 Å². The van der Waals surface area contributed by atoms with Gasteiger partial charge in [-0.3, -0.25) is 4.79 Å². The third kappa shape index (κ3) is 4.05. The van der Waals surface area contributed by atoms with E-state index in [1.165, 1.54) is 30.5 Å². The smallest absolute Gasteiger partial charge is 0.255 e. The third-order valence-corrected chi connectivity index (χ3v) is 5.62. The summed E-state index contributed by atoms with van der Waals surface area (Å²) in [6.45, 7) is 2.20. The number of ether oxygens (including phenoxy) is 1. The number of amides is 1. The molecule has 1 saturated heterocycles. The van der Waals surface area contributed by atoms with E-state index in [0.717, 1.165) is 16.6 Å².